The first-order valence-corrected chi connectivity index (χ1v) is 11.8. The van der Waals surface area contributed by atoms with E-state index in [-0.39, 0.29) is 35.3 Å². The quantitative estimate of drug-likeness (QED) is 0.671. The molecule has 1 aromatic carbocycles. The van der Waals surface area contributed by atoms with Crippen molar-refractivity contribution in [2.45, 2.75) is 51.0 Å². The SMILES string of the molecule is O=C(CC1CCCC1)Nc1nccnc1C(=O)NC1CCN(C(=O)c2ccccc2Cl)CC1. The topological polar surface area (TPSA) is 104 Å². The van der Waals surface area contributed by atoms with Crippen molar-refractivity contribution in [2.24, 2.45) is 5.92 Å². The molecule has 2 N–H and O–H groups in total. The van der Waals surface area contributed by atoms with E-state index in [2.05, 4.69) is 20.6 Å². The third-order valence-corrected chi connectivity index (χ3v) is 6.67. The van der Waals surface area contributed by atoms with E-state index in [1.54, 1.807) is 29.2 Å². The van der Waals surface area contributed by atoms with Crippen molar-refractivity contribution in [3.8, 4) is 0 Å². The lowest BCUT2D eigenvalue weighted by Crippen LogP contribution is -2.46. The van der Waals surface area contributed by atoms with Gasteiger partial charge in [-0.2, -0.15) is 0 Å². The van der Waals surface area contributed by atoms with Crippen LogP contribution < -0.4 is 10.6 Å². The molecule has 3 amide bonds. The number of piperidine rings is 1. The Morgan fingerprint density at radius 2 is 1.70 bits per heavy atom. The number of nitrogens with one attached hydrogen (secondary N) is 2. The largest absolute Gasteiger partial charge is 0.348 e. The molecular weight excluding hydrogens is 442 g/mol. The van der Waals surface area contributed by atoms with Crippen LogP contribution in [0.1, 0.15) is 65.8 Å². The molecule has 0 spiro atoms. The first-order chi connectivity index (χ1) is 16.0. The smallest absolute Gasteiger partial charge is 0.273 e. The first kappa shape index (κ1) is 23.2. The molecule has 9 heteroatoms. The fourth-order valence-electron chi connectivity index (χ4n) is 4.54. The van der Waals surface area contributed by atoms with Gasteiger partial charge in [0.05, 0.1) is 10.6 Å². The summed E-state index contributed by atoms with van der Waals surface area (Å²) in [7, 11) is 0. The van der Waals surface area contributed by atoms with Crippen molar-refractivity contribution in [3.05, 3.63) is 52.9 Å². The average Bonchev–Trinajstić information content (AvgIpc) is 3.32. The number of amides is 3. The van der Waals surface area contributed by atoms with E-state index >= 15 is 0 Å². The molecule has 2 heterocycles. The van der Waals surface area contributed by atoms with Gasteiger partial charge in [0.25, 0.3) is 11.8 Å². The second-order valence-corrected chi connectivity index (χ2v) is 9.08. The molecule has 1 saturated heterocycles. The zero-order chi connectivity index (χ0) is 23.2. The van der Waals surface area contributed by atoms with Crippen LogP contribution in [0, 0.1) is 5.92 Å². The van der Waals surface area contributed by atoms with Crippen molar-refractivity contribution in [3.63, 3.8) is 0 Å². The lowest BCUT2D eigenvalue weighted by molar-refractivity contribution is -0.117. The van der Waals surface area contributed by atoms with Gasteiger partial charge in [-0.1, -0.05) is 36.6 Å². The molecule has 2 aromatic rings. The summed E-state index contributed by atoms with van der Waals surface area (Å²) in [4.78, 5) is 48.1. The predicted molar refractivity (Wildman–Crippen MR) is 125 cm³/mol. The number of benzene rings is 1. The Hall–Kier alpha value is -3.00. The van der Waals surface area contributed by atoms with Gasteiger partial charge in [0, 0.05) is 37.9 Å². The van der Waals surface area contributed by atoms with Crippen LogP contribution in [0.3, 0.4) is 0 Å². The number of hydrogen-bond acceptors (Lipinski definition) is 5. The minimum atomic E-state index is -0.379. The highest BCUT2D eigenvalue weighted by Gasteiger charge is 2.27. The first-order valence-electron chi connectivity index (χ1n) is 11.5. The Labute approximate surface area is 198 Å². The second-order valence-electron chi connectivity index (χ2n) is 8.68. The number of rotatable bonds is 6. The Balaban J connectivity index is 1.31. The van der Waals surface area contributed by atoms with Gasteiger partial charge in [-0.3, -0.25) is 14.4 Å². The molecule has 4 rings (SSSR count). The van der Waals surface area contributed by atoms with Crippen LogP contribution in [-0.2, 0) is 4.79 Å². The molecule has 0 bridgehead atoms. The van der Waals surface area contributed by atoms with E-state index in [1.165, 1.54) is 25.2 Å². The van der Waals surface area contributed by atoms with E-state index in [1.807, 2.05) is 0 Å². The number of carbonyl (C=O) groups is 3. The zero-order valence-electron chi connectivity index (χ0n) is 18.4. The summed E-state index contributed by atoms with van der Waals surface area (Å²) in [5.74, 6) is -0.0357. The Morgan fingerprint density at radius 1 is 1.00 bits per heavy atom. The number of nitrogens with zero attached hydrogens (tertiary/aromatic N) is 3. The minimum Gasteiger partial charge on any atom is -0.348 e. The fourth-order valence-corrected chi connectivity index (χ4v) is 4.76. The van der Waals surface area contributed by atoms with Gasteiger partial charge in [-0.15, -0.1) is 0 Å². The Bertz CT molecular complexity index is 1020. The van der Waals surface area contributed by atoms with Crippen molar-refractivity contribution < 1.29 is 14.4 Å². The Morgan fingerprint density at radius 3 is 2.42 bits per heavy atom. The van der Waals surface area contributed by atoms with E-state index in [0.29, 0.717) is 48.9 Å². The fraction of sp³-hybridized carbons (Fsp3) is 0.458. The molecule has 1 aliphatic heterocycles. The summed E-state index contributed by atoms with van der Waals surface area (Å²) >= 11 is 6.15. The molecule has 33 heavy (non-hydrogen) atoms. The molecule has 2 fully saturated rings. The number of hydrogen-bond donors (Lipinski definition) is 2. The number of aromatic nitrogens is 2. The number of carbonyl (C=O) groups excluding carboxylic acids is 3. The molecule has 174 valence electrons. The highest BCUT2D eigenvalue weighted by atomic mass is 35.5. The molecule has 1 saturated carbocycles. The van der Waals surface area contributed by atoms with Gasteiger partial charge in [0.15, 0.2) is 11.5 Å². The van der Waals surface area contributed by atoms with Crippen LogP contribution in [-0.4, -0.2) is 51.7 Å². The maximum atomic E-state index is 12.9. The molecule has 0 radical (unpaired) electrons. The summed E-state index contributed by atoms with van der Waals surface area (Å²) < 4.78 is 0. The summed E-state index contributed by atoms with van der Waals surface area (Å²) in [6, 6.07) is 6.90. The van der Waals surface area contributed by atoms with Crippen LogP contribution in [0.4, 0.5) is 5.82 Å². The van der Waals surface area contributed by atoms with Gasteiger partial charge in [0.2, 0.25) is 5.91 Å². The van der Waals surface area contributed by atoms with E-state index in [9.17, 15) is 14.4 Å². The Kier molecular flexibility index (Phi) is 7.54. The minimum absolute atomic E-state index is 0.100. The van der Waals surface area contributed by atoms with Crippen molar-refractivity contribution in [1.82, 2.24) is 20.2 Å². The monoisotopic (exact) mass is 469 g/mol. The molecule has 1 aliphatic carbocycles. The van der Waals surface area contributed by atoms with Gasteiger partial charge < -0.3 is 15.5 Å². The summed E-state index contributed by atoms with van der Waals surface area (Å²) in [6.07, 6.45) is 9.04. The molecular formula is C24H28ClN5O3. The van der Waals surface area contributed by atoms with Crippen molar-refractivity contribution in [2.75, 3.05) is 18.4 Å². The maximum absolute atomic E-state index is 12.9. The van der Waals surface area contributed by atoms with Crippen LogP contribution in [0.25, 0.3) is 0 Å². The molecule has 0 atom stereocenters. The normalized spacial score (nSPS) is 17.1. The third-order valence-electron chi connectivity index (χ3n) is 6.34. The van der Waals surface area contributed by atoms with E-state index in [0.717, 1.165) is 12.8 Å². The van der Waals surface area contributed by atoms with Crippen molar-refractivity contribution in [1.29, 1.82) is 0 Å². The standard InChI is InChI=1S/C24H28ClN5O3/c25-19-8-4-3-7-18(19)24(33)30-13-9-17(10-14-30)28-23(32)21-22(27-12-11-26-21)29-20(31)15-16-5-1-2-6-16/h3-4,7-8,11-12,16-17H,1-2,5-6,9-10,13-15H2,(H,28,32)(H,27,29,31). The van der Waals surface area contributed by atoms with Gasteiger partial charge in [-0.05, 0) is 43.7 Å². The second kappa shape index (κ2) is 10.7. The number of likely N-dealkylation sites (tertiary alicyclic amines) is 1. The molecule has 8 nitrogen and oxygen atoms in total. The lowest BCUT2D eigenvalue weighted by atomic mass is 10.0. The summed E-state index contributed by atoms with van der Waals surface area (Å²) in [5.41, 5.74) is 0.589. The molecule has 1 aromatic heterocycles. The van der Waals surface area contributed by atoms with Crippen LogP contribution in [0.5, 0.6) is 0 Å². The van der Waals surface area contributed by atoms with Gasteiger partial charge >= 0.3 is 0 Å². The lowest BCUT2D eigenvalue weighted by Gasteiger charge is -2.32. The number of anilines is 1. The number of halogens is 1. The highest BCUT2D eigenvalue weighted by molar-refractivity contribution is 6.33. The third kappa shape index (κ3) is 5.87. The van der Waals surface area contributed by atoms with E-state index in [4.69, 9.17) is 11.6 Å². The van der Waals surface area contributed by atoms with Gasteiger partial charge in [-0.25, -0.2) is 9.97 Å². The van der Waals surface area contributed by atoms with Gasteiger partial charge in [0.1, 0.15) is 0 Å². The molecule has 2 aliphatic rings. The van der Waals surface area contributed by atoms with Crippen molar-refractivity contribution >= 4 is 35.1 Å². The molecule has 0 unspecified atom stereocenters. The average molecular weight is 470 g/mol. The van der Waals surface area contributed by atoms with Crippen LogP contribution >= 0.6 is 11.6 Å². The zero-order valence-corrected chi connectivity index (χ0v) is 19.2. The van der Waals surface area contributed by atoms with Crippen LogP contribution in [0.2, 0.25) is 5.02 Å². The maximum Gasteiger partial charge on any atom is 0.273 e. The summed E-state index contributed by atoms with van der Waals surface area (Å²) in [5, 5.41) is 6.17. The predicted octanol–water partition coefficient (Wildman–Crippen LogP) is 3.68. The highest BCUT2D eigenvalue weighted by Crippen LogP contribution is 2.28. The van der Waals surface area contributed by atoms with Crippen LogP contribution in [0.15, 0.2) is 36.7 Å². The summed E-state index contributed by atoms with van der Waals surface area (Å²) in [6.45, 7) is 1.03. The van der Waals surface area contributed by atoms with E-state index < -0.39 is 0 Å².